The molecule has 0 fully saturated rings. The summed E-state index contributed by atoms with van der Waals surface area (Å²) in [5.41, 5.74) is 2.61. The fourth-order valence-corrected chi connectivity index (χ4v) is 3.16. The monoisotopic (exact) mass is 396 g/mol. The van der Waals surface area contributed by atoms with E-state index in [0.29, 0.717) is 10.8 Å². The molecular formula is C18H16N6O3S. The summed E-state index contributed by atoms with van der Waals surface area (Å²) in [4.78, 5) is 29.4. The third kappa shape index (κ3) is 4.63. The second-order valence-corrected chi connectivity index (χ2v) is 6.92. The van der Waals surface area contributed by atoms with Gasteiger partial charge in [-0.05, 0) is 19.1 Å². The van der Waals surface area contributed by atoms with Crippen molar-refractivity contribution in [3.63, 3.8) is 0 Å². The van der Waals surface area contributed by atoms with Gasteiger partial charge in [0, 0.05) is 16.6 Å². The van der Waals surface area contributed by atoms with Gasteiger partial charge in [-0.1, -0.05) is 29.8 Å². The van der Waals surface area contributed by atoms with E-state index in [4.69, 9.17) is 4.74 Å². The molecule has 28 heavy (non-hydrogen) atoms. The minimum atomic E-state index is -1.05. The van der Waals surface area contributed by atoms with Crippen LogP contribution in [-0.2, 0) is 20.9 Å². The van der Waals surface area contributed by atoms with E-state index in [9.17, 15) is 14.9 Å². The maximum atomic E-state index is 12.2. The van der Waals surface area contributed by atoms with E-state index < -0.39 is 24.3 Å². The van der Waals surface area contributed by atoms with Gasteiger partial charge in [0.1, 0.15) is 5.01 Å². The number of aryl methyl sites for hydroxylation is 2. The minimum Gasteiger partial charge on any atom is -0.456 e. The second kappa shape index (κ2) is 8.49. The molecule has 0 unspecified atom stereocenters. The normalized spacial score (nSPS) is 11.6. The topological polar surface area (TPSA) is 124 Å². The van der Waals surface area contributed by atoms with Crippen molar-refractivity contribution >= 4 is 23.1 Å². The Kier molecular flexibility index (Phi) is 5.86. The SMILES string of the molecule is Cc1ccc(-c2nnn(CC(=O)OCC(=O)[C@@H](C#N)c3nc(C)cs3)n2)cc1. The molecule has 0 aliphatic rings. The summed E-state index contributed by atoms with van der Waals surface area (Å²) >= 11 is 1.22. The number of thiazole rings is 1. The smallest absolute Gasteiger partial charge is 0.330 e. The Morgan fingerprint density at radius 1 is 1.29 bits per heavy atom. The van der Waals surface area contributed by atoms with E-state index in [-0.39, 0.29) is 6.54 Å². The predicted molar refractivity (Wildman–Crippen MR) is 99.2 cm³/mol. The number of carbonyl (C=O) groups excluding carboxylic acids is 2. The molecule has 9 nitrogen and oxygen atoms in total. The van der Waals surface area contributed by atoms with Crippen LogP contribution in [0.3, 0.4) is 0 Å². The highest BCUT2D eigenvalue weighted by Crippen LogP contribution is 2.20. The molecule has 0 spiro atoms. The second-order valence-electron chi connectivity index (χ2n) is 6.03. The highest BCUT2D eigenvalue weighted by molar-refractivity contribution is 7.09. The fraction of sp³-hybridized carbons (Fsp3) is 0.278. The van der Waals surface area contributed by atoms with Crippen LogP contribution >= 0.6 is 11.3 Å². The molecule has 3 rings (SSSR count). The van der Waals surface area contributed by atoms with Gasteiger partial charge in [0.2, 0.25) is 5.82 Å². The van der Waals surface area contributed by atoms with E-state index in [2.05, 4.69) is 20.4 Å². The Bertz CT molecular complexity index is 1030. The van der Waals surface area contributed by atoms with E-state index in [0.717, 1.165) is 21.6 Å². The van der Waals surface area contributed by atoms with Crippen molar-refractivity contribution in [3.8, 4) is 17.5 Å². The molecule has 3 aromatic rings. The molecule has 0 radical (unpaired) electrons. The van der Waals surface area contributed by atoms with Crippen LogP contribution in [0.4, 0.5) is 0 Å². The number of Topliss-reactive ketones (excluding diaryl/α,β-unsaturated/α-hetero) is 1. The zero-order chi connectivity index (χ0) is 20.1. The number of aromatic nitrogens is 5. The minimum absolute atomic E-state index is 0.292. The highest BCUT2D eigenvalue weighted by atomic mass is 32.1. The van der Waals surface area contributed by atoms with Crippen molar-refractivity contribution in [2.75, 3.05) is 6.61 Å². The number of rotatable bonds is 7. The first-order chi connectivity index (χ1) is 13.5. The third-order valence-electron chi connectivity index (χ3n) is 3.74. The van der Waals surface area contributed by atoms with Gasteiger partial charge in [0.15, 0.2) is 24.9 Å². The Hall–Kier alpha value is -3.45. The van der Waals surface area contributed by atoms with Crippen LogP contribution < -0.4 is 0 Å². The lowest BCUT2D eigenvalue weighted by Gasteiger charge is -2.06. The number of tetrazole rings is 1. The van der Waals surface area contributed by atoms with E-state index in [1.54, 1.807) is 12.3 Å². The average Bonchev–Trinajstić information content (AvgIpc) is 3.31. The van der Waals surface area contributed by atoms with Gasteiger partial charge in [-0.25, -0.2) is 9.78 Å². The van der Waals surface area contributed by atoms with Gasteiger partial charge < -0.3 is 4.74 Å². The summed E-state index contributed by atoms with van der Waals surface area (Å²) in [6.45, 7) is 2.93. The van der Waals surface area contributed by atoms with Crippen molar-refractivity contribution in [2.24, 2.45) is 0 Å². The summed E-state index contributed by atoms with van der Waals surface area (Å²) in [6.07, 6.45) is 0. The van der Waals surface area contributed by atoms with Gasteiger partial charge in [-0.3, -0.25) is 4.79 Å². The van der Waals surface area contributed by atoms with Crippen LogP contribution in [0.15, 0.2) is 29.6 Å². The number of ether oxygens (including phenoxy) is 1. The number of ketones is 1. The molecule has 0 saturated carbocycles. The maximum Gasteiger partial charge on any atom is 0.330 e. The predicted octanol–water partition coefficient (Wildman–Crippen LogP) is 1.83. The molecule has 10 heteroatoms. The molecule has 2 aromatic heterocycles. The molecule has 0 N–H and O–H groups in total. The molecule has 1 atom stereocenters. The Morgan fingerprint density at radius 3 is 2.68 bits per heavy atom. The zero-order valence-electron chi connectivity index (χ0n) is 15.2. The Morgan fingerprint density at radius 2 is 2.04 bits per heavy atom. The summed E-state index contributed by atoms with van der Waals surface area (Å²) < 4.78 is 4.96. The maximum absolute atomic E-state index is 12.2. The van der Waals surface area contributed by atoms with Crippen LogP contribution in [0, 0.1) is 25.2 Å². The number of nitrogens with zero attached hydrogens (tertiary/aromatic N) is 6. The van der Waals surface area contributed by atoms with Gasteiger partial charge in [0.25, 0.3) is 0 Å². The Labute approximate surface area is 164 Å². The number of benzene rings is 1. The van der Waals surface area contributed by atoms with Crippen LogP contribution in [0.25, 0.3) is 11.4 Å². The molecule has 0 bridgehead atoms. The molecule has 1 aromatic carbocycles. The molecule has 0 aliphatic heterocycles. The number of hydrogen-bond acceptors (Lipinski definition) is 9. The van der Waals surface area contributed by atoms with Crippen molar-refractivity contribution in [1.29, 1.82) is 5.26 Å². The highest BCUT2D eigenvalue weighted by Gasteiger charge is 2.24. The number of nitriles is 1. The molecular weight excluding hydrogens is 380 g/mol. The number of hydrogen-bond donors (Lipinski definition) is 0. The first kappa shape index (κ1) is 19.3. The van der Waals surface area contributed by atoms with Crippen LogP contribution in [0.1, 0.15) is 22.2 Å². The van der Waals surface area contributed by atoms with Crippen molar-refractivity contribution < 1.29 is 14.3 Å². The van der Waals surface area contributed by atoms with Gasteiger partial charge in [-0.2, -0.15) is 10.1 Å². The average molecular weight is 396 g/mol. The molecule has 0 aliphatic carbocycles. The molecule has 2 heterocycles. The quantitative estimate of drug-likeness (QED) is 0.554. The first-order valence-corrected chi connectivity index (χ1v) is 9.19. The van der Waals surface area contributed by atoms with E-state index in [1.807, 2.05) is 37.3 Å². The van der Waals surface area contributed by atoms with Crippen molar-refractivity contribution in [2.45, 2.75) is 26.3 Å². The third-order valence-corrected chi connectivity index (χ3v) is 4.77. The summed E-state index contributed by atoms with van der Waals surface area (Å²) in [7, 11) is 0. The summed E-state index contributed by atoms with van der Waals surface area (Å²) in [5.74, 6) is -1.90. The molecule has 0 saturated heterocycles. The van der Waals surface area contributed by atoms with E-state index >= 15 is 0 Å². The number of carbonyl (C=O) groups is 2. The largest absolute Gasteiger partial charge is 0.456 e. The lowest BCUT2D eigenvalue weighted by atomic mass is 10.1. The fourth-order valence-electron chi connectivity index (χ4n) is 2.29. The zero-order valence-corrected chi connectivity index (χ0v) is 16.0. The van der Waals surface area contributed by atoms with Crippen LogP contribution in [-0.4, -0.2) is 43.6 Å². The van der Waals surface area contributed by atoms with Gasteiger partial charge >= 0.3 is 5.97 Å². The lowest BCUT2D eigenvalue weighted by molar-refractivity contribution is -0.149. The van der Waals surface area contributed by atoms with E-state index in [1.165, 1.54) is 11.3 Å². The Balaban J connectivity index is 1.55. The van der Waals surface area contributed by atoms with Gasteiger partial charge in [-0.15, -0.1) is 21.5 Å². The lowest BCUT2D eigenvalue weighted by Crippen LogP contribution is -2.22. The molecule has 0 amide bonds. The van der Waals surface area contributed by atoms with Crippen LogP contribution in [0.5, 0.6) is 0 Å². The standard InChI is InChI=1S/C18H16N6O3S/c1-11-3-5-13(6-4-11)17-21-23-24(22-17)8-16(26)27-9-15(25)14(7-19)18-20-12(2)10-28-18/h3-6,10,14H,8-9H2,1-2H3/t14-/m1/s1. The van der Waals surface area contributed by atoms with Crippen LogP contribution in [0.2, 0.25) is 0 Å². The van der Waals surface area contributed by atoms with Crippen molar-refractivity contribution in [1.82, 2.24) is 25.2 Å². The number of esters is 1. The molecule has 142 valence electrons. The van der Waals surface area contributed by atoms with Crippen molar-refractivity contribution in [3.05, 3.63) is 45.9 Å². The van der Waals surface area contributed by atoms with Gasteiger partial charge in [0.05, 0.1) is 6.07 Å². The summed E-state index contributed by atoms with van der Waals surface area (Å²) in [6, 6.07) is 9.46. The first-order valence-electron chi connectivity index (χ1n) is 8.31. The summed E-state index contributed by atoms with van der Waals surface area (Å²) in [5, 5.41) is 23.2.